The van der Waals surface area contributed by atoms with Crippen molar-refractivity contribution < 1.29 is 4.79 Å². The van der Waals surface area contributed by atoms with Gasteiger partial charge >= 0.3 is 0 Å². The van der Waals surface area contributed by atoms with E-state index in [1.54, 1.807) is 19.0 Å². The first-order valence-electron chi connectivity index (χ1n) is 6.44. The first kappa shape index (κ1) is 14.9. The summed E-state index contributed by atoms with van der Waals surface area (Å²) >= 11 is 0. The molecular formula is C13H24N4O. The number of rotatable bonds is 4. The van der Waals surface area contributed by atoms with Gasteiger partial charge in [-0.25, -0.2) is 0 Å². The monoisotopic (exact) mass is 252 g/mol. The van der Waals surface area contributed by atoms with Crippen LogP contribution in [0.5, 0.6) is 0 Å². The minimum absolute atomic E-state index is 0.0942. The third kappa shape index (κ3) is 3.97. The van der Waals surface area contributed by atoms with Crippen LogP contribution >= 0.6 is 0 Å². The van der Waals surface area contributed by atoms with E-state index in [1.807, 2.05) is 13.8 Å². The number of carbonyl (C=O) groups excluding carboxylic acids is 1. The van der Waals surface area contributed by atoms with Crippen molar-refractivity contribution in [3.05, 3.63) is 0 Å². The maximum atomic E-state index is 12.1. The van der Waals surface area contributed by atoms with E-state index in [2.05, 4.69) is 16.3 Å². The van der Waals surface area contributed by atoms with Crippen LogP contribution < -0.4 is 5.32 Å². The SMILES string of the molecule is CN(C)C(=O)C1CNCCN1CCC(C)(C)C#N. The molecule has 5 nitrogen and oxygen atoms in total. The van der Waals surface area contributed by atoms with E-state index in [-0.39, 0.29) is 17.4 Å². The highest BCUT2D eigenvalue weighted by molar-refractivity contribution is 5.81. The summed E-state index contributed by atoms with van der Waals surface area (Å²) in [5.41, 5.74) is -0.323. The summed E-state index contributed by atoms with van der Waals surface area (Å²) in [4.78, 5) is 15.9. The van der Waals surface area contributed by atoms with Crippen LogP contribution in [0.2, 0.25) is 0 Å². The quantitative estimate of drug-likeness (QED) is 0.781. The van der Waals surface area contributed by atoms with Gasteiger partial charge < -0.3 is 10.2 Å². The molecular weight excluding hydrogens is 228 g/mol. The van der Waals surface area contributed by atoms with Crippen molar-refractivity contribution in [1.29, 1.82) is 5.26 Å². The van der Waals surface area contributed by atoms with Crippen molar-refractivity contribution >= 4 is 5.91 Å². The Bertz CT molecular complexity index is 332. The van der Waals surface area contributed by atoms with Gasteiger partial charge in [0.15, 0.2) is 0 Å². The number of nitrogens with one attached hydrogen (secondary N) is 1. The van der Waals surface area contributed by atoms with Gasteiger partial charge in [-0.15, -0.1) is 0 Å². The lowest BCUT2D eigenvalue weighted by molar-refractivity contribution is -0.135. The van der Waals surface area contributed by atoms with Crippen LogP contribution in [0.1, 0.15) is 20.3 Å². The summed E-state index contributed by atoms with van der Waals surface area (Å²) in [6, 6.07) is 2.22. The second kappa shape index (κ2) is 6.17. The lowest BCUT2D eigenvalue weighted by Gasteiger charge is -2.37. The van der Waals surface area contributed by atoms with Gasteiger partial charge in [0.25, 0.3) is 0 Å². The van der Waals surface area contributed by atoms with E-state index < -0.39 is 0 Å². The Kier molecular flexibility index (Phi) is 5.12. The first-order chi connectivity index (χ1) is 8.37. The molecule has 0 aromatic heterocycles. The molecule has 1 amide bonds. The Balaban J connectivity index is 2.61. The Morgan fingerprint density at radius 1 is 1.56 bits per heavy atom. The Morgan fingerprint density at radius 2 is 2.22 bits per heavy atom. The van der Waals surface area contributed by atoms with Gasteiger partial charge in [-0.1, -0.05) is 0 Å². The summed E-state index contributed by atoms with van der Waals surface area (Å²) in [5, 5.41) is 12.3. The van der Waals surface area contributed by atoms with Crippen LogP contribution in [0.3, 0.4) is 0 Å². The molecule has 0 bridgehead atoms. The maximum Gasteiger partial charge on any atom is 0.240 e. The standard InChI is InChI=1S/C13H24N4O/c1-13(2,10-14)5-7-17-8-6-15-9-11(17)12(18)16(3)4/h11,15H,5-9H2,1-4H3. The normalized spacial score (nSPS) is 21.4. The number of nitrogens with zero attached hydrogens (tertiary/aromatic N) is 3. The molecule has 1 rings (SSSR count). The predicted octanol–water partition coefficient (Wildman–Crippen LogP) is 0.288. The van der Waals surface area contributed by atoms with Gasteiger partial charge in [0.05, 0.1) is 11.5 Å². The van der Waals surface area contributed by atoms with Crippen LogP contribution in [0, 0.1) is 16.7 Å². The molecule has 1 saturated heterocycles. The molecule has 1 unspecified atom stereocenters. The molecule has 18 heavy (non-hydrogen) atoms. The summed E-state index contributed by atoms with van der Waals surface area (Å²) in [6.45, 7) is 7.16. The zero-order valence-corrected chi connectivity index (χ0v) is 11.9. The van der Waals surface area contributed by atoms with Crippen molar-refractivity contribution in [3.8, 4) is 6.07 Å². The van der Waals surface area contributed by atoms with Crippen molar-refractivity contribution in [2.75, 3.05) is 40.3 Å². The highest BCUT2D eigenvalue weighted by Crippen LogP contribution is 2.20. The van der Waals surface area contributed by atoms with Gasteiger partial charge in [0.1, 0.15) is 6.04 Å². The highest BCUT2D eigenvalue weighted by atomic mass is 16.2. The van der Waals surface area contributed by atoms with Gasteiger partial charge in [0.2, 0.25) is 5.91 Å². The number of nitriles is 1. The van der Waals surface area contributed by atoms with Crippen LogP contribution in [0.15, 0.2) is 0 Å². The van der Waals surface area contributed by atoms with E-state index in [9.17, 15) is 4.79 Å². The number of carbonyl (C=O) groups is 1. The molecule has 0 aliphatic carbocycles. The maximum absolute atomic E-state index is 12.1. The predicted molar refractivity (Wildman–Crippen MR) is 70.9 cm³/mol. The van der Waals surface area contributed by atoms with Gasteiger partial charge in [0, 0.05) is 40.3 Å². The Morgan fingerprint density at radius 3 is 2.78 bits per heavy atom. The van der Waals surface area contributed by atoms with Crippen molar-refractivity contribution in [2.45, 2.75) is 26.3 Å². The van der Waals surface area contributed by atoms with E-state index >= 15 is 0 Å². The van der Waals surface area contributed by atoms with Gasteiger partial charge in [-0.05, 0) is 20.3 Å². The van der Waals surface area contributed by atoms with Crippen molar-refractivity contribution in [2.24, 2.45) is 5.41 Å². The molecule has 5 heteroatoms. The number of hydrogen-bond donors (Lipinski definition) is 1. The molecule has 0 saturated carbocycles. The van der Waals surface area contributed by atoms with Crippen LogP contribution in [0.25, 0.3) is 0 Å². The number of hydrogen-bond acceptors (Lipinski definition) is 4. The molecule has 0 spiro atoms. The lowest BCUT2D eigenvalue weighted by atomic mass is 9.91. The fourth-order valence-electron chi connectivity index (χ4n) is 2.03. The molecule has 1 atom stereocenters. The smallest absolute Gasteiger partial charge is 0.240 e. The van der Waals surface area contributed by atoms with E-state index in [0.29, 0.717) is 6.54 Å². The summed E-state index contributed by atoms with van der Waals surface area (Å²) < 4.78 is 0. The second-order valence-corrected chi connectivity index (χ2v) is 5.73. The minimum atomic E-state index is -0.323. The lowest BCUT2D eigenvalue weighted by Crippen LogP contribution is -2.57. The third-order valence-corrected chi connectivity index (χ3v) is 3.41. The molecule has 1 fully saturated rings. The fraction of sp³-hybridized carbons (Fsp3) is 0.846. The van der Waals surface area contributed by atoms with Gasteiger partial charge in [-0.3, -0.25) is 9.69 Å². The molecule has 0 radical (unpaired) electrons. The van der Waals surface area contributed by atoms with E-state index in [4.69, 9.17) is 5.26 Å². The fourth-order valence-corrected chi connectivity index (χ4v) is 2.03. The van der Waals surface area contributed by atoms with E-state index in [0.717, 1.165) is 26.1 Å². The average molecular weight is 252 g/mol. The number of likely N-dealkylation sites (N-methyl/N-ethyl adjacent to an activating group) is 1. The first-order valence-corrected chi connectivity index (χ1v) is 6.44. The average Bonchev–Trinajstić information content (AvgIpc) is 2.36. The molecule has 0 aromatic carbocycles. The largest absolute Gasteiger partial charge is 0.347 e. The van der Waals surface area contributed by atoms with Crippen molar-refractivity contribution in [3.63, 3.8) is 0 Å². The molecule has 1 heterocycles. The number of piperazine rings is 1. The van der Waals surface area contributed by atoms with E-state index in [1.165, 1.54) is 0 Å². The Hall–Kier alpha value is -1.12. The topological polar surface area (TPSA) is 59.4 Å². The molecule has 1 aliphatic heterocycles. The molecule has 1 N–H and O–H groups in total. The number of amides is 1. The van der Waals surface area contributed by atoms with Gasteiger partial charge in [-0.2, -0.15) is 5.26 Å². The molecule has 102 valence electrons. The van der Waals surface area contributed by atoms with Crippen LogP contribution in [0.4, 0.5) is 0 Å². The minimum Gasteiger partial charge on any atom is -0.347 e. The van der Waals surface area contributed by atoms with Crippen LogP contribution in [-0.2, 0) is 4.79 Å². The second-order valence-electron chi connectivity index (χ2n) is 5.73. The zero-order chi connectivity index (χ0) is 13.8. The van der Waals surface area contributed by atoms with Crippen LogP contribution in [-0.4, -0.2) is 62.0 Å². The summed E-state index contributed by atoms with van der Waals surface area (Å²) in [6.07, 6.45) is 0.792. The van der Waals surface area contributed by atoms with Crippen molar-refractivity contribution in [1.82, 2.24) is 15.1 Å². The molecule has 0 aromatic rings. The molecule has 1 aliphatic rings. The zero-order valence-electron chi connectivity index (χ0n) is 11.9. The summed E-state index contributed by atoms with van der Waals surface area (Å²) in [5.74, 6) is 0.136. The Labute approximate surface area is 110 Å². The highest BCUT2D eigenvalue weighted by Gasteiger charge is 2.30. The third-order valence-electron chi connectivity index (χ3n) is 3.41. The summed E-state index contributed by atoms with van der Waals surface area (Å²) in [7, 11) is 3.57.